The number of nitrogens with one attached hydrogen (secondary N) is 1. The lowest BCUT2D eigenvalue weighted by molar-refractivity contribution is -0.0257. The summed E-state index contributed by atoms with van der Waals surface area (Å²) < 4.78 is 6.02. The predicted molar refractivity (Wildman–Crippen MR) is 174 cm³/mol. The first-order chi connectivity index (χ1) is 20.4. The quantitative estimate of drug-likeness (QED) is 0.386. The zero-order valence-electron chi connectivity index (χ0n) is 25.5. The summed E-state index contributed by atoms with van der Waals surface area (Å²) in [6.45, 7) is 15.9. The van der Waals surface area contributed by atoms with Gasteiger partial charge in [0.25, 0.3) is 0 Å². The molecule has 6 heteroatoms. The molecule has 2 aromatic rings. The van der Waals surface area contributed by atoms with Gasteiger partial charge in [-0.05, 0) is 73.9 Å². The van der Waals surface area contributed by atoms with Gasteiger partial charge < -0.3 is 19.9 Å². The van der Waals surface area contributed by atoms with Crippen molar-refractivity contribution in [2.24, 2.45) is 10.4 Å². The molecule has 4 aliphatic heterocycles. The summed E-state index contributed by atoms with van der Waals surface area (Å²) in [5.41, 5.74) is 8.34. The highest BCUT2D eigenvalue weighted by molar-refractivity contribution is 5.87. The monoisotopic (exact) mass is 563 g/mol. The zero-order valence-corrected chi connectivity index (χ0v) is 25.5. The number of aliphatic imine (C=N–C) groups is 1. The van der Waals surface area contributed by atoms with Gasteiger partial charge in [0.15, 0.2) is 0 Å². The molecule has 0 unspecified atom stereocenters. The van der Waals surface area contributed by atoms with E-state index in [1.165, 1.54) is 49.2 Å². The molecule has 1 spiro atoms. The molecule has 1 saturated carbocycles. The summed E-state index contributed by atoms with van der Waals surface area (Å²) in [4.78, 5) is 12.2. The van der Waals surface area contributed by atoms with Crippen molar-refractivity contribution in [1.29, 1.82) is 0 Å². The highest BCUT2D eigenvalue weighted by Crippen LogP contribution is 2.54. The van der Waals surface area contributed by atoms with Gasteiger partial charge in [-0.25, -0.2) is 4.99 Å². The molecule has 1 aliphatic carbocycles. The smallest absolute Gasteiger partial charge is 0.212 e. The first kappa shape index (κ1) is 27.3. The third-order valence-electron chi connectivity index (χ3n) is 10.2. The van der Waals surface area contributed by atoms with Crippen molar-refractivity contribution in [2.75, 3.05) is 42.6 Å². The second kappa shape index (κ2) is 11.0. The summed E-state index contributed by atoms with van der Waals surface area (Å²) in [6.07, 6.45) is 12.0. The van der Waals surface area contributed by atoms with Crippen molar-refractivity contribution >= 4 is 23.3 Å². The van der Waals surface area contributed by atoms with Crippen molar-refractivity contribution in [3.8, 4) is 0 Å². The Morgan fingerprint density at radius 1 is 1.12 bits per heavy atom. The van der Waals surface area contributed by atoms with E-state index >= 15 is 0 Å². The molecule has 0 amide bonds. The first-order valence-electron chi connectivity index (χ1n) is 15.9. The lowest BCUT2D eigenvalue weighted by atomic mass is 9.60. The number of nitrogens with zero attached hydrogens (tertiary/aromatic N) is 4. The molecule has 7 rings (SSSR count). The number of amidine groups is 1. The van der Waals surface area contributed by atoms with E-state index < -0.39 is 0 Å². The zero-order chi connectivity index (χ0) is 28.8. The molecule has 1 N–H and O–H groups in total. The maximum Gasteiger partial charge on any atom is 0.212 e. The van der Waals surface area contributed by atoms with E-state index in [-0.39, 0.29) is 0 Å². The van der Waals surface area contributed by atoms with Gasteiger partial charge in [0.05, 0.1) is 17.9 Å². The molecule has 0 aromatic heterocycles. The molecule has 4 heterocycles. The number of hydrogen-bond acceptors (Lipinski definition) is 6. The van der Waals surface area contributed by atoms with Gasteiger partial charge in [0.1, 0.15) is 12.4 Å². The number of hydrogen-bond donors (Lipinski definition) is 1. The average Bonchev–Trinajstić information content (AvgIpc) is 3.65. The Labute approximate surface area is 251 Å². The number of allylic oxidation sites excluding steroid dienone is 1. The molecular formula is C36H45N5O. The third-order valence-corrected chi connectivity index (χ3v) is 10.2. The largest absolute Gasteiger partial charge is 0.476 e. The fourth-order valence-electron chi connectivity index (χ4n) is 8.05. The van der Waals surface area contributed by atoms with Crippen LogP contribution in [0.15, 0.2) is 77.9 Å². The maximum atomic E-state index is 6.02. The topological polar surface area (TPSA) is 43.3 Å². The number of anilines is 2. The Morgan fingerprint density at radius 2 is 1.95 bits per heavy atom. The van der Waals surface area contributed by atoms with Crippen molar-refractivity contribution in [3.05, 3.63) is 89.6 Å². The molecule has 2 saturated heterocycles. The van der Waals surface area contributed by atoms with Gasteiger partial charge in [0, 0.05) is 48.9 Å². The Kier molecular flexibility index (Phi) is 7.13. The average molecular weight is 564 g/mol. The maximum absolute atomic E-state index is 6.02. The number of ether oxygens (including phenoxy) is 1. The SMILES string of the molecule is C=Cc1ccc(N2CC3(CC(N4CCC[C@H]4c4ccccc4C(C)C)C3)C2)cc1N1CCOC(NC2=NC=CC2)=C1C. The summed E-state index contributed by atoms with van der Waals surface area (Å²) in [5.74, 6) is 2.30. The van der Waals surface area contributed by atoms with Crippen molar-refractivity contribution in [2.45, 2.75) is 70.9 Å². The van der Waals surface area contributed by atoms with E-state index in [1.54, 1.807) is 5.56 Å². The summed E-state index contributed by atoms with van der Waals surface area (Å²) in [7, 11) is 0. The highest BCUT2D eigenvalue weighted by Gasteiger charge is 2.55. The molecule has 2 aromatic carbocycles. The van der Waals surface area contributed by atoms with Gasteiger partial charge >= 0.3 is 0 Å². The van der Waals surface area contributed by atoms with E-state index in [1.807, 2.05) is 12.3 Å². The van der Waals surface area contributed by atoms with Crippen molar-refractivity contribution < 1.29 is 4.74 Å². The second-order valence-corrected chi connectivity index (χ2v) is 13.2. The molecule has 0 radical (unpaired) electrons. The lowest BCUT2D eigenvalue weighted by Gasteiger charge is -2.62. The number of benzene rings is 2. The van der Waals surface area contributed by atoms with Gasteiger partial charge in [-0.1, -0.05) is 62.9 Å². The molecular weight excluding hydrogens is 518 g/mol. The van der Waals surface area contributed by atoms with Crippen LogP contribution >= 0.6 is 0 Å². The summed E-state index contributed by atoms with van der Waals surface area (Å²) in [6, 6.07) is 17.4. The fourth-order valence-corrected chi connectivity index (χ4v) is 8.05. The van der Waals surface area contributed by atoms with Gasteiger partial charge in [0.2, 0.25) is 5.88 Å². The fraction of sp³-hybridized carbons (Fsp3) is 0.472. The van der Waals surface area contributed by atoms with Crippen molar-refractivity contribution in [1.82, 2.24) is 10.2 Å². The minimum absolute atomic E-state index is 0.481. The highest BCUT2D eigenvalue weighted by atomic mass is 16.5. The summed E-state index contributed by atoms with van der Waals surface area (Å²) in [5, 5.41) is 3.40. The normalized spacial score (nSPS) is 23.7. The Balaban J connectivity index is 1.03. The Morgan fingerprint density at radius 3 is 2.71 bits per heavy atom. The van der Waals surface area contributed by atoms with Crippen molar-refractivity contribution in [3.63, 3.8) is 0 Å². The van der Waals surface area contributed by atoms with E-state index in [0.29, 0.717) is 24.0 Å². The standard InChI is InChI=1S/C36H45N5O/c1-5-27-14-15-28(20-33(27)40-18-19-42-35(26(40)4)38-34-13-8-16-37-34)39-23-36(24-39)21-29(22-36)41-17-9-12-32(41)31-11-7-6-10-30(31)25(2)3/h5-8,10-11,14-16,20,25,29,32H,1,9,12-13,17-19,21-24H2,2-4H3,(H,37,38)/t32-/m0/s1. The molecule has 5 aliphatic rings. The summed E-state index contributed by atoms with van der Waals surface area (Å²) >= 11 is 0. The molecule has 3 fully saturated rings. The second-order valence-electron chi connectivity index (χ2n) is 13.2. The van der Waals surface area contributed by atoms with Crippen LogP contribution in [0, 0.1) is 5.41 Å². The van der Waals surface area contributed by atoms with Crippen LogP contribution in [0.3, 0.4) is 0 Å². The molecule has 6 nitrogen and oxygen atoms in total. The predicted octanol–water partition coefficient (Wildman–Crippen LogP) is 7.19. The van der Waals surface area contributed by atoms with Gasteiger partial charge in [-0.2, -0.15) is 0 Å². The van der Waals surface area contributed by atoms with Crippen LogP contribution in [-0.2, 0) is 4.74 Å². The first-order valence-corrected chi connectivity index (χ1v) is 15.9. The lowest BCUT2D eigenvalue weighted by Crippen LogP contribution is -2.66. The van der Waals surface area contributed by atoms with E-state index in [2.05, 4.69) is 101 Å². The van der Waals surface area contributed by atoms with Gasteiger partial charge in [-0.15, -0.1) is 0 Å². The minimum atomic E-state index is 0.481. The molecule has 0 bridgehead atoms. The molecule has 1 atom stereocenters. The number of likely N-dealkylation sites (tertiary alicyclic amines) is 1. The van der Waals surface area contributed by atoms with Crippen LogP contribution in [-0.4, -0.2) is 49.6 Å². The van der Waals surface area contributed by atoms with Crippen LogP contribution < -0.4 is 15.1 Å². The Hall–Kier alpha value is -3.51. The van der Waals surface area contributed by atoms with Crippen LogP contribution in [0.25, 0.3) is 6.08 Å². The van der Waals surface area contributed by atoms with E-state index in [4.69, 9.17) is 4.74 Å². The molecule has 220 valence electrons. The van der Waals surface area contributed by atoms with Crippen LogP contribution in [0.2, 0.25) is 0 Å². The van der Waals surface area contributed by atoms with E-state index in [9.17, 15) is 0 Å². The van der Waals surface area contributed by atoms with Crippen LogP contribution in [0.1, 0.15) is 81.5 Å². The van der Waals surface area contributed by atoms with Crippen LogP contribution in [0.4, 0.5) is 11.4 Å². The van der Waals surface area contributed by atoms with Gasteiger partial charge in [-0.3, -0.25) is 4.90 Å². The molecule has 42 heavy (non-hydrogen) atoms. The van der Waals surface area contributed by atoms with E-state index in [0.717, 1.165) is 55.1 Å². The minimum Gasteiger partial charge on any atom is -0.476 e. The van der Waals surface area contributed by atoms with Crippen LogP contribution in [0.5, 0.6) is 0 Å². The number of rotatable bonds is 7. The third kappa shape index (κ3) is 4.84. The Bertz CT molecular complexity index is 1440.